The van der Waals surface area contributed by atoms with Gasteiger partial charge in [0.1, 0.15) is 5.76 Å². The summed E-state index contributed by atoms with van der Waals surface area (Å²) in [4.78, 5) is 0. The van der Waals surface area contributed by atoms with Gasteiger partial charge >= 0.3 is 0 Å². The molecule has 58 valence electrons. The van der Waals surface area contributed by atoms with Crippen molar-refractivity contribution < 1.29 is 4.52 Å². The highest BCUT2D eigenvalue weighted by Gasteiger charge is 2.00. The van der Waals surface area contributed by atoms with Gasteiger partial charge < -0.3 is 10.3 Å². The number of rotatable bonds is 0. The molecule has 0 saturated carbocycles. The summed E-state index contributed by atoms with van der Waals surface area (Å²) in [6, 6.07) is 0. The molecule has 1 aromatic heterocycles. The van der Waals surface area contributed by atoms with Crippen LogP contribution in [0, 0.1) is 13.8 Å². The molecule has 10 heavy (non-hydrogen) atoms. The summed E-state index contributed by atoms with van der Waals surface area (Å²) in [5.74, 6) is 1.28. The summed E-state index contributed by atoms with van der Waals surface area (Å²) in [6.45, 7) is 7.71. The van der Waals surface area contributed by atoms with Gasteiger partial charge in [-0.1, -0.05) is 19.0 Å². The van der Waals surface area contributed by atoms with Gasteiger partial charge in [0.2, 0.25) is 0 Å². The van der Waals surface area contributed by atoms with E-state index < -0.39 is 0 Å². The van der Waals surface area contributed by atoms with Crippen LogP contribution in [0.5, 0.6) is 0 Å². The summed E-state index contributed by atoms with van der Waals surface area (Å²) < 4.78 is 4.72. The third-order valence-electron chi connectivity index (χ3n) is 1.19. The van der Waals surface area contributed by atoms with Crippen LogP contribution in [0.1, 0.15) is 25.2 Å². The normalized spacial score (nSPS) is 8.40. The third-order valence-corrected chi connectivity index (χ3v) is 1.19. The second-order valence-electron chi connectivity index (χ2n) is 1.75. The average Bonchev–Trinajstić information content (AvgIpc) is 2.25. The number of anilines is 1. The summed E-state index contributed by atoms with van der Waals surface area (Å²) in [7, 11) is 0. The van der Waals surface area contributed by atoms with E-state index in [0.717, 1.165) is 11.3 Å². The third kappa shape index (κ3) is 1.76. The van der Waals surface area contributed by atoms with E-state index in [-0.39, 0.29) is 0 Å². The molecule has 0 aliphatic carbocycles. The quantitative estimate of drug-likeness (QED) is 0.602. The molecule has 0 spiro atoms. The van der Waals surface area contributed by atoms with E-state index in [1.54, 1.807) is 0 Å². The van der Waals surface area contributed by atoms with Crippen LogP contribution in [0.25, 0.3) is 0 Å². The first kappa shape index (κ1) is 9.01. The molecular formula is C7H14N2O. The van der Waals surface area contributed by atoms with E-state index in [2.05, 4.69) is 5.16 Å². The number of nitrogens with two attached hydrogens (primary N) is 1. The molecule has 0 saturated heterocycles. The Balaban J connectivity index is 0.000000371. The number of aromatic nitrogens is 1. The Hall–Kier alpha value is -0.990. The van der Waals surface area contributed by atoms with Crippen LogP contribution in [0.3, 0.4) is 0 Å². The van der Waals surface area contributed by atoms with Gasteiger partial charge in [0.25, 0.3) is 0 Å². The predicted octanol–water partition coefficient (Wildman–Crippen LogP) is 1.90. The predicted molar refractivity (Wildman–Crippen MR) is 41.7 cm³/mol. The zero-order valence-corrected chi connectivity index (χ0v) is 6.93. The highest BCUT2D eigenvalue weighted by Crippen LogP contribution is 2.11. The number of hydrogen-bond acceptors (Lipinski definition) is 3. The van der Waals surface area contributed by atoms with Crippen LogP contribution in [-0.4, -0.2) is 5.16 Å². The summed E-state index contributed by atoms with van der Waals surface area (Å²) in [6.07, 6.45) is 0. The fraction of sp³-hybridized carbons (Fsp3) is 0.571. The first-order valence-electron chi connectivity index (χ1n) is 3.40. The first-order chi connectivity index (χ1) is 4.72. The van der Waals surface area contributed by atoms with Crippen molar-refractivity contribution in [1.82, 2.24) is 5.16 Å². The minimum absolute atomic E-state index is 0.488. The molecule has 1 rings (SSSR count). The van der Waals surface area contributed by atoms with E-state index in [1.165, 1.54) is 0 Å². The van der Waals surface area contributed by atoms with Crippen molar-refractivity contribution >= 4 is 5.82 Å². The van der Waals surface area contributed by atoms with Crippen molar-refractivity contribution in [3.63, 3.8) is 0 Å². The lowest BCUT2D eigenvalue weighted by atomic mass is 10.3. The van der Waals surface area contributed by atoms with Crippen LogP contribution in [0.2, 0.25) is 0 Å². The number of nitrogen functional groups attached to an aromatic ring is 1. The Morgan fingerprint density at radius 3 is 1.90 bits per heavy atom. The van der Waals surface area contributed by atoms with Gasteiger partial charge in [-0.25, -0.2) is 0 Å². The van der Waals surface area contributed by atoms with Gasteiger partial charge in [0.15, 0.2) is 5.82 Å². The van der Waals surface area contributed by atoms with Crippen molar-refractivity contribution in [3.05, 3.63) is 11.3 Å². The topological polar surface area (TPSA) is 52.0 Å². The van der Waals surface area contributed by atoms with Crippen LogP contribution < -0.4 is 5.73 Å². The fourth-order valence-corrected chi connectivity index (χ4v) is 0.435. The number of hydrogen-bond donors (Lipinski definition) is 1. The Bertz CT molecular complexity index is 174. The molecule has 0 fully saturated rings. The van der Waals surface area contributed by atoms with E-state index >= 15 is 0 Å². The van der Waals surface area contributed by atoms with Crippen molar-refractivity contribution in [1.29, 1.82) is 0 Å². The molecular weight excluding hydrogens is 128 g/mol. The molecule has 0 aromatic carbocycles. The van der Waals surface area contributed by atoms with E-state index in [0.29, 0.717) is 5.82 Å². The lowest BCUT2D eigenvalue weighted by molar-refractivity contribution is 0.399. The SMILES string of the molecule is CC.Cc1onc(N)c1C. The van der Waals surface area contributed by atoms with Crippen molar-refractivity contribution in [2.45, 2.75) is 27.7 Å². The van der Waals surface area contributed by atoms with Crippen molar-refractivity contribution in [2.75, 3.05) is 5.73 Å². The maximum Gasteiger partial charge on any atom is 0.169 e. The zero-order chi connectivity index (χ0) is 8.15. The van der Waals surface area contributed by atoms with Gasteiger partial charge in [0.05, 0.1) is 0 Å². The molecule has 0 atom stereocenters. The second-order valence-corrected chi connectivity index (χ2v) is 1.75. The molecule has 0 aliphatic heterocycles. The van der Waals surface area contributed by atoms with Crippen LogP contribution in [0.4, 0.5) is 5.82 Å². The summed E-state index contributed by atoms with van der Waals surface area (Å²) in [5, 5.41) is 3.52. The lowest BCUT2D eigenvalue weighted by Gasteiger charge is -1.80. The van der Waals surface area contributed by atoms with E-state index in [4.69, 9.17) is 10.3 Å². The molecule has 0 bridgehead atoms. The summed E-state index contributed by atoms with van der Waals surface area (Å²) in [5.41, 5.74) is 6.27. The smallest absolute Gasteiger partial charge is 0.169 e. The molecule has 0 unspecified atom stereocenters. The largest absolute Gasteiger partial charge is 0.381 e. The molecule has 1 heterocycles. The Morgan fingerprint density at radius 1 is 1.30 bits per heavy atom. The Kier molecular flexibility index (Phi) is 3.54. The number of aryl methyl sites for hydroxylation is 1. The van der Waals surface area contributed by atoms with Gasteiger partial charge in [-0.05, 0) is 13.8 Å². The van der Waals surface area contributed by atoms with E-state index in [9.17, 15) is 0 Å². The molecule has 0 radical (unpaired) electrons. The standard InChI is InChI=1S/C5H8N2O.C2H6/c1-3-4(2)8-7-5(3)6;1-2/h1-2H3,(H2,6,7);1-2H3. The molecule has 0 aliphatic rings. The molecule has 1 aromatic rings. The van der Waals surface area contributed by atoms with Gasteiger partial charge in [-0.2, -0.15) is 0 Å². The van der Waals surface area contributed by atoms with Crippen molar-refractivity contribution in [2.24, 2.45) is 0 Å². The average molecular weight is 142 g/mol. The lowest BCUT2D eigenvalue weighted by Crippen LogP contribution is -1.85. The highest BCUT2D eigenvalue weighted by molar-refractivity contribution is 5.37. The van der Waals surface area contributed by atoms with Crippen molar-refractivity contribution in [3.8, 4) is 0 Å². The van der Waals surface area contributed by atoms with E-state index in [1.807, 2.05) is 27.7 Å². The minimum atomic E-state index is 0.488. The van der Waals surface area contributed by atoms with Crippen LogP contribution >= 0.6 is 0 Å². The number of nitrogens with zero attached hydrogens (tertiary/aromatic N) is 1. The Labute approximate surface area is 61.2 Å². The van der Waals surface area contributed by atoms with Gasteiger partial charge in [-0.15, -0.1) is 0 Å². The monoisotopic (exact) mass is 142 g/mol. The minimum Gasteiger partial charge on any atom is -0.381 e. The van der Waals surface area contributed by atoms with Crippen LogP contribution in [-0.2, 0) is 0 Å². The molecule has 3 nitrogen and oxygen atoms in total. The molecule has 0 amide bonds. The first-order valence-corrected chi connectivity index (χ1v) is 3.40. The summed E-state index contributed by atoms with van der Waals surface area (Å²) >= 11 is 0. The van der Waals surface area contributed by atoms with Gasteiger partial charge in [-0.3, -0.25) is 0 Å². The zero-order valence-electron chi connectivity index (χ0n) is 6.93. The second kappa shape index (κ2) is 3.93. The maximum atomic E-state index is 5.34. The molecule has 2 N–H and O–H groups in total. The maximum absolute atomic E-state index is 5.34. The highest BCUT2D eigenvalue weighted by atomic mass is 16.5. The van der Waals surface area contributed by atoms with Crippen LogP contribution in [0.15, 0.2) is 4.52 Å². The fourth-order valence-electron chi connectivity index (χ4n) is 0.435. The molecule has 3 heteroatoms. The Morgan fingerprint density at radius 2 is 1.80 bits per heavy atom. The van der Waals surface area contributed by atoms with Gasteiger partial charge in [0, 0.05) is 5.56 Å².